The molecular formula is C9H25BrO3Zr. The van der Waals surface area contributed by atoms with Gasteiger partial charge in [-0.1, -0.05) is 0 Å². The molecule has 0 fully saturated rings. The summed E-state index contributed by atoms with van der Waals surface area (Å²) in [6.45, 7) is 10.3. The molecule has 5 heteroatoms. The second-order valence-electron chi connectivity index (χ2n) is 3.28. The molecule has 0 bridgehead atoms. The van der Waals surface area contributed by atoms with Crippen LogP contribution in [0.1, 0.15) is 41.5 Å². The van der Waals surface area contributed by atoms with E-state index in [-0.39, 0.29) is 61.5 Å². The molecule has 0 rings (SSSR count). The zero-order chi connectivity index (χ0) is 10.7. The summed E-state index contributed by atoms with van der Waals surface area (Å²) >= 11 is 0. The second-order valence-corrected chi connectivity index (χ2v) is 3.28. The van der Waals surface area contributed by atoms with Gasteiger partial charge in [0.15, 0.2) is 0 Å². The van der Waals surface area contributed by atoms with E-state index in [1.54, 1.807) is 41.5 Å². The summed E-state index contributed by atoms with van der Waals surface area (Å²) in [5.41, 5.74) is 0. The maximum absolute atomic E-state index is 8.06. The number of rotatable bonds is 0. The fourth-order valence-corrected chi connectivity index (χ4v) is 0. The van der Waals surface area contributed by atoms with Crippen molar-refractivity contribution in [1.82, 2.24) is 0 Å². The van der Waals surface area contributed by atoms with Gasteiger partial charge in [-0.25, -0.2) is 0 Å². The number of aliphatic hydroxyl groups is 3. The first-order valence-corrected chi connectivity index (χ1v) is 4.24. The first kappa shape index (κ1) is 29.5. The van der Waals surface area contributed by atoms with E-state index in [9.17, 15) is 0 Å². The van der Waals surface area contributed by atoms with Gasteiger partial charge in [-0.2, -0.15) is 0 Å². The fourth-order valence-electron chi connectivity index (χ4n) is 0. The van der Waals surface area contributed by atoms with Gasteiger partial charge >= 0.3 is 0 Å². The van der Waals surface area contributed by atoms with Crippen molar-refractivity contribution in [2.45, 2.75) is 59.9 Å². The van der Waals surface area contributed by atoms with Crippen molar-refractivity contribution in [3.63, 3.8) is 0 Å². The van der Waals surface area contributed by atoms with Crippen LogP contribution in [0.2, 0.25) is 0 Å². The quantitative estimate of drug-likeness (QED) is 0.622. The van der Waals surface area contributed by atoms with E-state index < -0.39 is 0 Å². The molecule has 0 saturated heterocycles. The molecule has 0 saturated carbocycles. The van der Waals surface area contributed by atoms with E-state index in [0.29, 0.717) is 0 Å². The molecule has 0 aliphatic heterocycles. The molecular weight excluding hydrogens is 327 g/mol. The van der Waals surface area contributed by atoms with Gasteiger partial charge in [0.05, 0.1) is 0 Å². The number of halogens is 1. The van der Waals surface area contributed by atoms with E-state index in [1.165, 1.54) is 0 Å². The summed E-state index contributed by atoms with van der Waals surface area (Å²) in [4.78, 5) is 0. The predicted octanol–water partition coefficient (Wildman–Crippen LogP) is 1.74. The van der Waals surface area contributed by atoms with Crippen molar-refractivity contribution in [1.29, 1.82) is 0 Å². The Bertz CT molecular complexity index is 48.5. The average Bonchev–Trinajstić information content (AvgIpc) is 1.54. The number of hydrogen-bond donors (Lipinski definition) is 3. The molecule has 0 aliphatic rings. The molecule has 0 aromatic rings. The molecule has 14 heavy (non-hydrogen) atoms. The molecule has 0 aliphatic carbocycles. The van der Waals surface area contributed by atoms with Crippen LogP contribution in [0.3, 0.4) is 0 Å². The van der Waals surface area contributed by atoms with Gasteiger partial charge in [0, 0.05) is 44.5 Å². The third-order valence-electron chi connectivity index (χ3n) is 0. The van der Waals surface area contributed by atoms with E-state index in [4.69, 9.17) is 15.3 Å². The van der Waals surface area contributed by atoms with Crippen molar-refractivity contribution in [2.75, 3.05) is 0 Å². The summed E-state index contributed by atoms with van der Waals surface area (Å²) in [6.07, 6.45) is -0.500. The summed E-state index contributed by atoms with van der Waals surface area (Å²) in [5.74, 6) is 0. The summed E-state index contributed by atoms with van der Waals surface area (Å²) in [6, 6.07) is 0. The van der Waals surface area contributed by atoms with Crippen molar-refractivity contribution < 1.29 is 41.5 Å². The summed E-state index contributed by atoms with van der Waals surface area (Å²) < 4.78 is 0. The Kier molecular flexibility index (Phi) is 50.1. The van der Waals surface area contributed by atoms with Crippen LogP contribution in [-0.4, -0.2) is 33.6 Å². The van der Waals surface area contributed by atoms with E-state index >= 15 is 0 Å². The van der Waals surface area contributed by atoms with Gasteiger partial charge in [0.2, 0.25) is 0 Å². The molecule has 0 amide bonds. The Morgan fingerprint density at radius 1 is 0.571 bits per heavy atom. The van der Waals surface area contributed by atoms with Crippen LogP contribution in [-0.2, 0) is 26.2 Å². The molecule has 3 N–H and O–H groups in total. The molecule has 0 unspecified atom stereocenters. The maximum Gasteiger partial charge on any atom is 0.0483 e. The minimum absolute atomic E-state index is 0. The molecule has 0 heterocycles. The monoisotopic (exact) mass is 350 g/mol. The Hall–Kier alpha value is 1.24. The Morgan fingerprint density at radius 3 is 0.571 bits per heavy atom. The van der Waals surface area contributed by atoms with Crippen molar-refractivity contribution in [3.05, 3.63) is 0 Å². The molecule has 3 nitrogen and oxygen atoms in total. The van der Waals surface area contributed by atoms with Gasteiger partial charge in [0.1, 0.15) is 0 Å². The van der Waals surface area contributed by atoms with Gasteiger partial charge in [-0.3, -0.25) is 0 Å². The van der Waals surface area contributed by atoms with Crippen molar-refractivity contribution in [3.8, 4) is 0 Å². The van der Waals surface area contributed by atoms with Crippen LogP contribution in [0.15, 0.2) is 0 Å². The van der Waals surface area contributed by atoms with Crippen LogP contribution >= 0.6 is 17.0 Å². The largest absolute Gasteiger partial charge is 0.394 e. The van der Waals surface area contributed by atoms with Crippen LogP contribution in [0.25, 0.3) is 0 Å². The Labute approximate surface area is 118 Å². The molecule has 0 aromatic carbocycles. The minimum Gasteiger partial charge on any atom is -0.394 e. The zero-order valence-corrected chi connectivity index (χ0v) is 14.2. The summed E-state index contributed by atoms with van der Waals surface area (Å²) in [7, 11) is 0. The second kappa shape index (κ2) is 23.8. The molecule has 0 radical (unpaired) electrons. The molecule has 0 aromatic heterocycles. The normalized spacial score (nSPS) is 7.71. The first-order valence-electron chi connectivity index (χ1n) is 4.24. The van der Waals surface area contributed by atoms with Gasteiger partial charge in [-0.05, 0) is 41.5 Å². The third-order valence-corrected chi connectivity index (χ3v) is 0. The molecule has 90 valence electrons. The first-order chi connectivity index (χ1) is 5.20. The van der Waals surface area contributed by atoms with E-state index in [1.807, 2.05) is 0 Å². The van der Waals surface area contributed by atoms with Gasteiger partial charge < -0.3 is 15.3 Å². The smallest absolute Gasteiger partial charge is 0.0483 e. The standard InChI is InChI=1S/3C3H8O.BrH.Zr/c3*1-3(2)4;;/h3*3-4H,1-2H3;1H;. The predicted molar refractivity (Wildman–Crippen MR) is 62.4 cm³/mol. The summed E-state index contributed by atoms with van der Waals surface area (Å²) in [5, 5.41) is 24.2. The van der Waals surface area contributed by atoms with Gasteiger partial charge in [0.25, 0.3) is 0 Å². The van der Waals surface area contributed by atoms with Gasteiger partial charge in [-0.15, -0.1) is 17.0 Å². The average molecular weight is 352 g/mol. The number of hydrogen-bond acceptors (Lipinski definition) is 3. The van der Waals surface area contributed by atoms with Crippen molar-refractivity contribution >= 4 is 17.0 Å². The van der Waals surface area contributed by atoms with Crippen LogP contribution in [0.5, 0.6) is 0 Å². The fraction of sp³-hybridized carbons (Fsp3) is 1.00. The number of aliphatic hydroxyl groups excluding tert-OH is 3. The van der Waals surface area contributed by atoms with E-state index in [0.717, 1.165) is 0 Å². The minimum atomic E-state index is -0.167. The van der Waals surface area contributed by atoms with Crippen LogP contribution in [0, 0.1) is 0 Å². The third kappa shape index (κ3) is 1280. The Balaban J connectivity index is -0.0000000270. The Morgan fingerprint density at radius 2 is 0.571 bits per heavy atom. The zero-order valence-electron chi connectivity index (χ0n) is 9.98. The van der Waals surface area contributed by atoms with Crippen molar-refractivity contribution in [2.24, 2.45) is 0 Å². The van der Waals surface area contributed by atoms with E-state index in [2.05, 4.69) is 0 Å². The topological polar surface area (TPSA) is 60.7 Å². The van der Waals surface area contributed by atoms with Crippen LogP contribution in [0.4, 0.5) is 0 Å². The SMILES string of the molecule is Br.CC(C)O.CC(C)O.CC(C)O.[Zr]. The van der Waals surface area contributed by atoms with Crippen LogP contribution < -0.4 is 0 Å². The molecule has 0 spiro atoms. The maximum atomic E-state index is 8.06. The molecule has 0 atom stereocenters.